The molecular formula is C43H72O5. The van der Waals surface area contributed by atoms with Gasteiger partial charge in [0, 0.05) is 19.4 Å². The standard InChI is InChI=1S/C43H72O5/c1-4-7-10-13-15-17-18-19-20-21-22-23-24-25-26-27-28-31-33-36-42(44)47-40-41(48-43(45)37-34-30-12-9-6-3)39-46-38-35-32-29-16-14-11-8-5-2/h7,10,15,17,19-20,22-23,25-26,28,31,41H,4-6,8-9,11-14,16,18,21,24,27,29-30,32-40H2,1-3H3/b10-7-,17-15-,20-19-,23-22-,26-25-,31-28-. The second-order valence-electron chi connectivity index (χ2n) is 12.5. The highest BCUT2D eigenvalue weighted by molar-refractivity contribution is 5.70. The van der Waals surface area contributed by atoms with Crippen molar-refractivity contribution in [3.63, 3.8) is 0 Å². The minimum absolute atomic E-state index is 0.0432. The zero-order valence-electron chi connectivity index (χ0n) is 31.2. The molecule has 0 aromatic heterocycles. The third-order valence-corrected chi connectivity index (χ3v) is 7.77. The Morgan fingerprint density at radius 1 is 0.479 bits per heavy atom. The Labute approximate surface area is 296 Å². The summed E-state index contributed by atoms with van der Waals surface area (Å²) >= 11 is 0. The first-order valence-electron chi connectivity index (χ1n) is 19.5. The normalized spacial score (nSPS) is 13.0. The predicted octanol–water partition coefficient (Wildman–Crippen LogP) is 12.4. The first-order chi connectivity index (χ1) is 23.6. The van der Waals surface area contributed by atoms with E-state index in [1.807, 2.05) is 6.08 Å². The molecule has 0 spiro atoms. The Morgan fingerprint density at radius 3 is 1.46 bits per heavy atom. The van der Waals surface area contributed by atoms with Crippen LogP contribution in [0.2, 0.25) is 0 Å². The quantitative estimate of drug-likeness (QED) is 0.0388. The molecule has 274 valence electrons. The van der Waals surface area contributed by atoms with Crippen molar-refractivity contribution in [1.29, 1.82) is 0 Å². The van der Waals surface area contributed by atoms with E-state index in [-0.39, 0.29) is 25.2 Å². The maximum absolute atomic E-state index is 12.4. The zero-order chi connectivity index (χ0) is 35.0. The summed E-state index contributed by atoms with van der Waals surface area (Å²) in [4.78, 5) is 24.8. The van der Waals surface area contributed by atoms with Crippen molar-refractivity contribution in [1.82, 2.24) is 0 Å². The smallest absolute Gasteiger partial charge is 0.306 e. The minimum Gasteiger partial charge on any atom is -0.462 e. The molecule has 0 saturated heterocycles. The number of hydrogen-bond donors (Lipinski definition) is 0. The predicted molar refractivity (Wildman–Crippen MR) is 205 cm³/mol. The van der Waals surface area contributed by atoms with E-state index in [0.29, 0.717) is 25.9 Å². The van der Waals surface area contributed by atoms with Crippen LogP contribution < -0.4 is 0 Å². The highest BCUT2D eigenvalue weighted by Gasteiger charge is 2.17. The Morgan fingerprint density at radius 2 is 0.938 bits per heavy atom. The Kier molecular flexibility index (Phi) is 36.6. The average molecular weight is 669 g/mol. The van der Waals surface area contributed by atoms with Gasteiger partial charge in [-0.1, -0.05) is 164 Å². The average Bonchev–Trinajstić information content (AvgIpc) is 3.08. The zero-order valence-corrected chi connectivity index (χ0v) is 31.2. The van der Waals surface area contributed by atoms with Crippen molar-refractivity contribution in [3.8, 4) is 0 Å². The molecule has 1 atom stereocenters. The fourth-order valence-electron chi connectivity index (χ4n) is 4.89. The largest absolute Gasteiger partial charge is 0.462 e. The second kappa shape index (κ2) is 38.8. The van der Waals surface area contributed by atoms with Crippen molar-refractivity contribution in [3.05, 3.63) is 72.9 Å². The lowest BCUT2D eigenvalue weighted by atomic mass is 10.1. The summed E-state index contributed by atoms with van der Waals surface area (Å²) in [6.45, 7) is 7.51. The summed E-state index contributed by atoms with van der Waals surface area (Å²) in [5, 5.41) is 0. The SMILES string of the molecule is CC/C=C\C/C=C\C/C=C\C/C=C\C/C=C\C/C=C\CCC(=O)OCC(COCCCCCCCCCC)OC(=O)CCCCCCC. The van der Waals surface area contributed by atoms with Crippen LogP contribution in [-0.2, 0) is 23.8 Å². The van der Waals surface area contributed by atoms with E-state index >= 15 is 0 Å². The summed E-state index contributed by atoms with van der Waals surface area (Å²) < 4.78 is 17.0. The highest BCUT2D eigenvalue weighted by Crippen LogP contribution is 2.10. The van der Waals surface area contributed by atoms with Gasteiger partial charge in [0.15, 0.2) is 6.10 Å². The van der Waals surface area contributed by atoms with Crippen LogP contribution in [0, 0.1) is 0 Å². The monoisotopic (exact) mass is 669 g/mol. The first kappa shape index (κ1) is 45.3. The van der Waals surface area contributed by atoms with Crippen LogP contribution in [-0.4, -0.2) is 37.9 Å². The van der Waals surface area contributed by atoms with Crippen LogP contribution in [0.25, 0.3) is 0 Å². The molecule has 0 radical (unpaired) electrons. The van der Waals surface area contributed by atoms with Crippen LogP contribution >= 0.6 is 0 Å². The molecule has 5 nitrogen and oxygen atoms in total. The van der Waals surface area contributed by atoms with Crippen LogP contribution in [0.15, 0.2) is 72.9 Å². The molecule has 0 rings (SSSR count). The molecule has 0 aliphatic rings. The molecule has 0 amide bonds. The van der Waals surface area contributed by atoms with Gasteiger partial charge in [0.2, 0.25) is 0 Å². The molecule has 0 saturated carbocycles. The molecule has 0 fully saturated rings. The van der Waals surface area contributed by atoms with Crippen molar-refractivity contribution in [2.24, 2.45) is 0 Å². The number of hydrogen-bond acceptors (Lipinski definition) is 5. The molecule has 0 heterocycles. The third kappa shape index (κ3) is 36.2. The lowest BCUT2D eigenvalue weighted by Gasteiger charge is -2.18. The van der Waals surface area contributed by atoms with E-state index < -0.39 is 6.10 Å². The number of carbonyl (C=O) groups is 2. The maximum Gasteiger partial charge on any atom is 0.306 e. The van der Waals surface area contributed by atoms with E-state index in [9.17, 15) is 9.59 Å². The van der Waals surface area contributed by atoms with Crippen molar-refractivity contribution in [2.45, 2.75) is 168 Å². The molecule has 0 N–H and O–H groups in total. The van der Waals surface area contributed by atoms with Crippen LogP contribution in [0.3, 0.4) is 0 Å². The van der Waals surface area contributed by atoms with Gasteiger partial charge in [-0.2, -0.15) is 0 Å². The summed E-state index contributed by atoms with van der Waals surface area (Å²) in [5.74, 6) is -0.514. The number of unbranched alkanes of at least 4 members (excludes halogenated alkanes) is 11. The lowest BCUT2D eigenvalue weighted by molar-refractivity contribution is -0.162. The topological polar surface area (TPSA) is 61.8 Å². The van der Waals surface area contributed by atoms with Gasteiger partial charge < -0.3 is 14.2 Å². The highest BCUT2D eigenvalue weighted by atomic mass is 16.6. The summed E-state index contributed by atoms with van der Waals surface area (Å²) in [7, 11) is 0. The van der Waals surface area contributed by atoms with Gasteiger partial charge in [-0.25, -0.2) is 0 Å². The summed E-state index contributed by atoms with van der Waals surface area (Å²) in [6, 6.07) is 0. The lowest BCUT2D eigenvalue weighted by Crippen LogP contribution is -2.30. The molecule has 0 aromatic rings. The number of rotatable bonds is 34. The third-order valence-electron chi connectivity index (χ3n) is 7.77. The van der Waals surface area contributed by atoms with E-state index in [1.54, 1.807) is 0 Å². The van der Waals surface area contributed by atoms with Gasteiger partial charge in [-0.15, -0.1) is 0 Å². The van der Waals surface area contributed by atoms with Crippen LogP contribution in [0.5, 0.6) is 0 Å². The molecular weight excluding hydrogens is 596 g/mol. The molecule has 0 bridgehead atoms. The van der Waals surface area contributed by atoms with Crippen LogP contribution in [0.1, 0.15) is 162 Å². The first-order valence-corrected chi connectivity index (χ1v) is 19.5. The molecule has 1 unspecified atom stereocenters. The van der Waals surface area contributed by atoms with E-state index in [2.05, 4.69) is 87.6 Å². The molecule has 0 aliphatic heterocycles. The van der Waals surface area contributed by atoms with Gasteiger partial charge in [0.25, 0.3) is 0 Å². The van der Waals surface area contributed by atoms with E-state index in [0.717, 1.165) is 70.6 Å². The summed E-state index contributed by atoms with van der Waals surface area (Å²) in [6.07, 6.45) is 47.9. The number of ether oxygens (including phenoxy) is 3. The minimum atomic E-state index is -0.558. The van der Waals surface area contributed by atoms with Gasteiger partial charge in [0.05, 0.1) is 6.61 Å². The van der Waals surface area contributed by atoms with Crippen molar-refractivity contribution >= 4 is 11.9 Å². The summed E-state index contributed by atoms with van der Waals surface area (Å²) in [5.41, 5.74) is 0. The van der Waals surface area contributed by atoms with Gasteiger partial charge >= 0.3 is 11.9 Å². The van der Waals surface area contributed by atoms with Crippen molar-refractivity contribution < 1.29 is 23.8 Å². The molecule has 5 heteroatoms. The molecule has 48 heavy (non-hydrogen) atoms. The maximum atomic E-state index is 12.4. The Balaban J connectivity index is 4.21. The Bertz CT molecular complexity index is 895. The number of carbonyl (C=O) groups excluding carboxylic acids is 2. The van der Waals surface area contributed by atoms with Crippen LogP contribution in [0.4, 0.5) is 0 Å². The fraction of sp³-hybridized carbons (Fsp3) is 0.674. The van der Waals surface area contributed by atoms with Gasteiger partial charge in [0.1, 0.15) is 6.61 Å². The molecule has 0 aliphatic carbocycles. The Hall–Kier alpha value is -2.66. The molecule has 0 aromatic carbocycles. The van der Waals surface area contributed by atoms with Crippen molar-refractivity contribution in [2.75, 3.05) is 19.8 Å². The van der Waals surface area contributed by atoms with Gasteiger partial charge in [-0.3, -0.25) is 9.59 Å². The fourth-order valence-corrected chi connectivity index (χ4v) is 4.89. The van der Waals surface area contributed by atoms with E-state index in [1.165, 1.54) is 51.4 Å². The number of esters is 2. The second-order valence-corrected chi connectivity index (χ2v) is 12.5. The van der Waals surface area contributed by atoms with E-state index in [4.69, 9.17) is 14.2 Å². The van der Waals surface area contributed by atoms with Gasteiger partial charge in [-0.05, 0) is 57.8 Å². The number of allylic oxidation sites excluding steroid dienone is 12.